The lowest BCUT2D eigenvalue weighted by Crippen LogP contribution is -2.28. The lowest BCUT2D eigenvalue weighted by atomic mass is 10.2. The predicted octanol–water partition coefficient (Wildman–Crippen LogP) is 1.49. The molecule has 0 saturated carbocycles. The molecule has 0 spiro atoms. The van der Waals surface area contributed by atoms with Gasteiger partial charge in [-0.3, -0.25) is 4.90 Å². The Balaban J connectivity index is 2.18. The van der Waals surface area contributed by atoms with Crippen LogP contribution in [0.15, 0.2) is 5.16 Å². The molecular formula is C9H18N2O. The van der Waals surface area contributed by atoms with Gasteiger partial charge in [0.25, 0.3) is 0 Å². The van der Waals surface area contributed by atoms with Gasteiger partial charge in [0.05, 0.1) is 5.71 Å². The number of nitrogens with zero attached hydrogens (tertiary/aromatic N) is 2. The Morgan fingerprint density at radius 3 is 2.83 bits per heavy atom. The molecule has 0 aromatic carbocycles. The monoisotopic (exact) mass is 170 g/mol. The van der Waals surface area contributed by atoms with E-state index < -0.39 is 0 Å². The topological polar surface area (TPSA) is 24.8 Å². The summed E-state index contributed by atoms with van der Waals surface area (Å²) in [6, 6.07) is 0.577. The Hall–Kier alpha value is -0.570. The van der Waals surface area contributed by atoms with E-state index in [0.29, 0.717) is 6.04 Å². The first-order chi connectivity index (χ1) is 5.70. The van der Waals surface area contributed by atoms with Gasteiger partial charge in [0.15, 0.2) is 0 Å². The van der Waals surface area contributed by atoms with Crippen LogP contribution in [0.5, 0.6) is 0 Å². The number of hydrogen-bond acceptors (Lipinski definition) is 3. The maximum Gasteiger partial charge on any atom is 0.132 e. The smallest absolute Gasteiger partial charge is 0.132 e. The number of oxime groups is 1. The molecule has 1 rings (SSSR count). The molecule has 3 heteroatoms. The van der Waals surface area contributed by atoms with E-state index in [2.05, 4.69) is 17.1 Å². The highest BCUT2D eigenvalue weighted by atomic mass is 16.6. The van der Waals surface area contributed by atoms with Crippen LogP contribution >= 0.6 is 0 Å². The van der Waals surface area contributed by atoms with Crippen molar-refractivity contribution in [1.82, 2.24) is 4.90 Å². The number of likely N-dealkylation sites (N-methyl/N-ethyl adjacent to an activating group) is 1. The predicted molar refractivity (Wildman–Crippen MR) is 50.4 cm³/mol. The molecule has 12 heavy (non-hydrogen) atoms. The summed E-state index contributed by atoms with van der Waals surface area (Å²) in [4.78, 5) is 7.53. The van der Waals surface area contributed by atoms with Crippen LogP contribution in [-0.4, -0.2) is 36.9 Å². The van der Waals surface area contributed by atoms with Crippen molar-refractivity contribution in [3.05, 3.63) is 0 Å². The third kappa shape index (κ3) is 2.81. The van der Waals surface area contributed by atoms with Gasteiger partial charge < -0.3 is 4.84 Å². The SMILES string of the molecule is CC(C)=NOCC1CCCN1C. The van der Waals surface area contributed by atoms with Gasteiger partial charge in [-0.25, -0.2) is 0 Å². The van der Waals surface area contributed by atoms with Gasteiger partial charge >= 0.3 is 0 Å². The van der Waals surface area contributed by atoms with E-state index >= 15 is 0 Å². The van der Waals surface area contributed by atoms with Gasteiger partial charge in [0.2, 0.25) is 0 Å². The minimum atomic E-state index is 0.577. The maximum atomic E-state index is 5.20. The molecule has 3 nitrogen and oxygen atoms in total. The largest absolute Gasteiger partial charge is 0.394 e. The fourth-order valence-electron chi connectivity index (χ4n) is 1.44. The molecule has 1 unspecified atom stereocenters. The third-order valence-electron chi connectivity index (χ3n) is 2.19. The van der Waals surface area contributed by atoms with Crippen molar-refractivity contribution < 1.29 is 4.84 Å². The number of likely N-dealkylation sites (tertiary alicyclic amines) is 1. The fourth-order valence-corrected chi connectivity index (χ4v) is 1.44. The highest BCUT2D eigenvalue weighted by Gasteiger charge is 2.20. The Morgan fingerprint density at radius 1 is 1.58 bits per heavy atom. The standard InChI is InChI=1S/C9H18N2O/c1-8(2)10-12-7-9-5-4-6-11(9)3/h9H,4-7H2,1-3H3. The van der Waals surface area contributed by atoms with Crippen molar-refractivity contribution in [2.75, 3.05) is 20.2 Å². The highest BCUT2D eigenvalue weighted by molar-refractivity contribution is 5.78. The summed E-state index contributed by atoms with van der Waals surface area (Å²) in [5, 5.41) is 3.91. The van der Waals surface area contributed by atoms with Gasteiger partial charge in [-0.1, -0.05) is 5.16 Å². The van der Waals surface area contributed by atoms with Crippen LogP contribution in [-0.2, 0) is 4.84 Å². The minimum absolute atomic E-state index is 0.577. The van der Waals surface area contributed by atoms with Crippen LogP contribution in [0, 0.1) is 0 Å². The first kappa shape index (κ1) is 9.52. The zero-order valence-electron chi connectivity index (χ0n) is 8.21. The first-order valence-corrected chi connectivity index (χ1v) is 4.53. The van der Waals surface area contributed by atoms with Crippen LogP contribution in [0.4, 0.5) is 0 Å². The van der Waals surface area contributed by atoms with Crippen molar-refractivity contribution in [2.45, 2.75) is 32.7 Å². The van der Waals surface area contributed by atoms with Crippen LogP contribution in [0.2, 0.25) is 0 Å². The number of rotatable bonds is 3. The van der Waals surface area contributed by atoms with Crippen LogP contribution in [0.1, 0.15) is 26.7 Å². The Kier molecular flexibility index (Phi) is 3.53. The lowest BCUT2D eigenvalue weighted by molar-refractivity contribution is 0.0917. The average Bonchev–Trinajstić information content (AvgIpc) is 2.36. The van der Waals surface area contributed by atoms with Crippen LogP contribution in [0.25, 0.3) is 0 Å². The van der Waals surface area contributed by atoms with Crippen molar-refractivity contribution in [3.63, 3.8) is 0 Å². The lowest BCUT2D eigenvalue weighted by Gasteiger charge is -2.17. The molecule has 1 heterocycles. The highest BCUT2D eigenvalue weighted by Crippen LogP contribution is 2.14. The van der Waals surface area contributed by atoms with E-state index in [1.807, 2.05) is 13.8 Å². The molecule has 1 aliphatic heterocycles. The molecule has 70 valence electrons. The molecule has 0 aromatic rings. The molecule has 0 radical (unpaired) electrons. The van der Waals surface area contributed by atoms with Gasteiger partial charge in [-0.2, -0.15) is 0 Å². The van der Waals surface area contributed by atoms with E-state index in [-0.39, 0.29) is 0 Å². The zero-order chi connectivity index (χ0) is 8.97. The van der Waals surface area contributed by atoms with E-state index in [4.69, 9.17) is 4.84 Å². The quantitative estimate of drug-likeness (QED) is 0.473. The molecule has 0 aromatic heterocycles. The van der Waals surface area contributed by atoms with Gasteiger partial charge in [-0.15, -0.1) is 0 Å². The molecule has 1 aliphatic rings. The van der Waals surface area contributed by atoms with E-state index in [9.17, 15) is 0 Å². The van der Waals surface area contributed by atoms with Gasteiger partial charge in [0, 0.05) is 6.04 Å². The van der Waals surface area contributed by atoms with Crippen LogP contribution in [0.3, 0.4) is 0 Å². The molecule has 0 bridgehead atoms. The molecular weight excluding hydrogens is 152 g/mol. The molecule has 1 saturated heterocycles. The summed E-state index contributed by atoms with van der Waals surface area (Å²) >= 11 is 0. The summed E-state index contributed by atoms with van der Waals surface area (Å²) in [6.45, 7) is 5.82. The Bertz CT molecular complexity index is 164. The Morgan fingerprint density at radius 2 is 2.33 bits per heavy atom. The molecule has 1 fully saturated rings. The Labute approximate surface area is 74.4 Å². The second kappa shape index (κ2) is 4.45. The maximum absolute atomic E-state index is 5.20. The molecule has 1 atom stereocenters. The summed E-state index contributed by atoms with van der Waals surface area (Å²) in [6.07, 6.45) is 2.54. The number of hydrogen-bond donors (Lipinski definition) is 0. The van der Waals surface area contributed by atoms with E-state index in [1.54, 1.807) is 0 Å². The van der Waals surface area contributed by atoms with Crippen molar-refractivity contribution >= 4 is 5.71 Å². The summed E-state index contributed by atoms with van der Waals surface area (Å²) in [7, 11) is 2.14. The average molecular weight is 170 g/mol. The van der Waals surface area contributed by atoms with Crippen molar-refractivity contribution in [1.29, 1.82) is 0 Å². The minimum Gasteiger partial charge on any atom is -0.394 e. The second-order valence-electron chi connectivity index (χ2n) is 3.61. The zero-order valence-corrected chi connectivity index (χ0v) is 8.21. The first-order valence-electron chi connectivity index (χ1n) is 4.53. The second-order valence-corrected chi connectivity index (χ2v) is 3.61. The molecule has 0 amide bonds. The van der Waals surface area contributed by atoms with Crippen molar-refractivity contribution in [2.24, 2.45) is 5.16 Å². The van der Waals surface area contributed by atoms with Crippen molar-refractivity contribution in [3.8, 4) is 0 Å². The fraction of sp³-hybridized carbons (Fsp3) is 0.889. The summed E-state index contributed by atoms with van der Waals surface area (Å²) in [5.41, 5.74) is 0.982. The van der Waals surface area contributed by atoms with E-state index in [0.717, 1.165) is 12.3 Å². The van der Waals surface area contributed by atoms with Gasteiger partial charge in [-0.05, 0) is 40.3 Å². The molecule has 0 aliphatic carbocycles. The molecule has 0 N–H and O–H groups in total. The normalized spacial score (nSPS) is 24.1. The van der Waals surface area contributed by atoms with E-state index in [1.165, 1.54) is 19.4 Å². The summed E-state index contributed by atoms with van der Waals surface area (Å²) < 4.78 is 0. The summed E-state index contributed by atoms with van der Waals surface area (Å²) in [5.74, 6) is 0. The third-order valence-corrected chi connectivity index (χ3v) is 2.19. The van der Waals surface area contributed by atoms with Crippen LogP contribution < -0.4 is 0 Å². The van der Waals surface area contributed by atoms with Gasteiger partial charge in [0.1, 0.15) is 6.61 Å².